The third kappa shape index (κ3) is 2.86. The lowest BCUT2D eigenvalue weighted by Crippen LogP contribution is -2.46. The van der Waals surface area contributed by atoms with Gasteiger partial charge in [0.05, 0.1) is 0 Å². The number of carboxylic acids is 1. The Bertz CT molecular complexity index is 616. The van der Waals surface area contributed by atoms with E-state index in [1.54, 1.807) is 0 Å². The van der Waals surface area contributed by atoms with Gasteiger partial charge in [-0.15, -0.1) is 11.3 Å². The second-order valence-corrected chi connectivity index (χ2v) is 5.52. The van der Waals surface area contributed by atoms with E-state index >= 15 is 0 Å². The van der Waals surface area contributed by atoms with Crippen LogP contribution in [-0.4, -0.2) is 11.1 Å². The van der Waals surface area contributed by atoms with Gasteiger partial charge >= 0.3 is 5.97 Å². The second kappa shape index (κ2) is 5.68. The maximum Gasteiger partial charge on any atom is 0.328 e. The Kier molecular flexibility index (Phi) is 4.15. The number of aliphatic carboxylic acids is 1. The molecule has 2 rings (SSSR count). The summed E-state index contributed by atoms with van der Waals surface area (Å²) in [6.07, 6.45) is 0. The van der Waals surface area contributed by atoms with Crippen LogP contribution in [0.25, 0.3) is 0 Å². The molecule has 2 aromatic rings. The van der Waals surface area contributed by atoms with E-state index < -0.39 is 23.1 Å². The lowest BCUT2D eigenvalue weighted by molar-refractivity contribution is -0.144. The SMILES string of the molecule is CC(NCc1cccs1)(C(=O)O)c1ccc(F)c(F)c1. The fourth-order valence-electron chi connectivity index (χ4n) is 1.79. The van der Waals surface area contributed by atoms with Crippen LogP contribution in [0.5, 0.6) is 0 Å². The number of hydrogen-bond donors (Lipinski definition) is 2. The molecule has 1 atom stereocenters. The van der Waals surface area contributed by atoms with Crippen LogP contribution in [-0.2, 0) is 16.9 Å². The van der Waals surface area contributed by atoms with Crippen LogP contribution in [0.1, 0.15) is 17.4 Å². The number of carbonyl (C=O) groups is 1. The predicted molar refractivity (Wildman–Crippen MR) is 72.5 cm³/mol. The van der Waals surface area contributed by atoms with Gasteiger partial charge in [0.1, 0.15) is 5.54 Å². The smallest absolute Gasteiger partial charge is 0.328 e. The first kappa shape index (κ1) is 14.6. The molecular weight excluding hydrogens is 284 g/mol. The van der Waals surface area contributed by atoms with Gasteiger partial charge in [0.2, 0.25) is 0 Å². The summed E-state index contributed by atoms with van der Waals surface area (Å²) in [5.74, 6) is -3.22. The van der Waals surface area contributed by atoms with Crippen molar-refractivity contribution in [2.24, 2.45) is 0 Å². The Balaban J connectivity index is 2.28. The molecule has 0 saturated heterocycles. The molecule has 1 unspecified atom stereocenters. The Hall–Kier alpha value is -1.79. The minimum Gasteiger partial charge on any atom is -0.480 e. The zero-order chi connectivity index (χ0) is 14.8. The maximum atomic E-state index is 13.3. The van der Waals surface area contributed by atoms with Gasteiger partial charge in [-0.2, -0.15) is 0 Å². The van der Waals surface area contributed by atoms with Gasteiger partial charge in [0.25, 0.3) is 0 Å². The average molecular weight is 297 g/mol. The van der Waals surface area contributed by atoms with Gasteiger partial charge in [0, 0.05) is 11.4 Å². The van der Waals surface area contributed by atoms with Crippen LogP contribution in [0.4, 0.5) is 8.78 Å². The highest BCUT2D eigenvalue weighted by Crippen LogP contribution is 2.24. The molecule has 1 aromatic heterocycles. The molecule has 0 aliphatic carbocycles. The molecule has 1 aromatic carbocycles. The number of benzene rings is 1. The van der Waals surface area contributed by atoms with Crippen LogP contribution in [0.15, 0.2) is 35.7 Å². The van der Waals surface area contributed by atoms with Crippen molar-refractivity contribution < 1.29 is 18.7 Å². The molecule has 2 N–H and O–H groups in total. The molecule has 106 valence electrons. The summed E-state index contributed by atoms with van der Waals surface area (Å²) >= 11 is 1.49. The molecule has 0 saturated carbocycles. The molecular formula is C14H13F2NO2S. The van der Waals surface area contributed by atoms with E-state index in [4.69, 9.17) is 0 Å². The van der Waals surface area contributed by atoms with E-state index in [0.717, 1.165) is 17.0 Å². The van der Waals surface area contributed by atoms with Crippen molar-refractivity contribution in [3.63, 3.8) is 0 Å². The number of carboxylic acid groups (broad SMARTS) is 1. The van der Waals surface area contributed by atoms with Crippen LogP contribution >= 0.6 is 11.3 Å². The van der Waals surface area contributed by atoms with Gasteiger partial charge in [-0.05, 0) is 36.1 Å². The third-order valence-corrected chi connectivity index (χ3v) is 4.00. The summed E-state index contributed by atoms with van der Waals surface area (Å²) in [5.41, 5.74) is -1.32. The lowest BCUT2D eigenvalue weighted by atomic mass is 9.92. The molecule has 0 aliphatic rings. The van der Waals surface area contributed by atoms with Crippen molar-refractivity contribution in [2.75, 3.05) is 0 Å². The highest BCUT2D eigenvalue weighted by molar-refractivity contribution is 7.09. The van der Waals surface area contributed by atoms with E-state index in [2.05, 4.69) is 5.32 Å². The molecule has 6 heteroatoms. The predicted octanol–water partition coefficient (Wildman–Crippen LogP) is 3.12. The molecule has 0 spiro atoms. The van der Waals surface area contributed by atoms with Crippen LogP contribution in [0.2, 0.25) is 0 Å². The zero-order valence-electron chi connectivity index (χ0n) is 10.7. The summed E-state index contributed by atoms with van der Waals surface area (Å²) in [5, 5.41) is 14.2. The lowest BCUT2D eigenvalue weighted by Gasteiger charge is -2.26. The summed E-state index contributed by atoms with van der Waals surface area (Å²) < 4.78 is 26.2. The summed E-state index contributed by atoms with van der Waals surface area (Å²) in [6, 6.07) is 6.83. The second-order valence-electron chi connectivity index (χ2n) is 4.49. The molecule has 0 bridgehead atoms. The van der Waals surface area contributed by atoms with Crippen LogP contribution in [0.3, 0.4) is 0 Å². The van der Waals surface area contributed by atoms with Gasteiger partial charge in [0.15, 0.2) is 11.6 Å². The molecule has 0 radical (unpaired) electrons. The zero-order valence-corrected chi connectivity index (χ0v) is 11.5. The minimum atomic E-state index is -1.49. The highest BCUT2D eigenvalue weighted by atomic mass is 32.1. The van der Waals surface area contributed by atoms with Crippen molar-refractivity contribution in [2.45, 2.75) is 19.0 Å². The van der Waals surface area contributed by atoms with Crippen molar-refractivity contribution >= 4 is 17.3 Å². The van der Waals surface area contributed by atoms with E-state index in [-0.39, 0.29) is 5.56 Å². The van der Waals surface area contributed by atoms with Gasteiger partial charge in [-0.25, -0.2) is 13.6 Å². The van der Waals surface area contributed by atoms with E-state index in [0.29, 0.717) is 6.54 Å². The first-order chi connectivity index (χ1) is 9.43. The van der Waals surface area contributed by atoms with E-state index in [1.165, 1.54) is 24.3 Å². The number of halogens is 2. The topological polar surface area (TPSA) is 49.3 Å². The third-order valence-electron chi connectivity index (χ3n) is 3.12. The quantitative estimate of drug-likeness (QED) is 0.891. The van der Waals surface area contributed by atoms with Gasteiger partial charge in [-0.1, -0.05) is 12.1 Å². The van der Waals surface area contributed by atoms with Crippen molar-refractivity contribution in [3.8, 4) is 0 Å². The van der Waals surface area contributed by atoms with Crippen molar-refractivity contribution in [1.82, 2.24) is 5.32 Å². The number of hydrogen-bond acceptors (Lipinski definition) is 3. The standard InChI is InChI=1S/C14H13F2NO2S/c1-14(13(18)19,17-8-10-3-2-6-20-10)9-4-5-11(15)12(16)7-9/h2-7,17H,8H2,1H3,(H,18,19). The van der Waals surface area contributed by atoms with E-state index in [9.17, 15) is 18.7 Å². The normalized spacial score (nSPS) is 13.9. The maximum absolute atomic E-state index is 13.3. The van der Waals surface area contributed by atoms with Crippen molar-refractivity contribution in [1.29, 1.82) is 0 Å². The average Bonchev–Trinajstić information content (AvgIpc) is 2.92. The summed E-state index contributed by atoms with van der Waals surface area (Å²) in [4.78, 5) is 12.5. The molecule has 0 aliphatic heterocycles. The molecule has 0 fully saturated rings. The summed E-state index contributed by atoms with van der Waals surface area (Å²) in [7, 11) is 0. The van der Waals surface area contributed by atoms with Crippen LogP contribution in [0, 0.1) is 11.6 Å². The number of nitrogens with one attached hydrogen (secondary N) is 1. The fourth-order valence-corrected chi connectivity index (χ4v) is 2.43. The van der Waals surface area contributed by atoms with Gasteiger partial charge < -0.3 is 5.11 Å². The Morgan fingerprint density at radius 1 is 1.35 bits per heavy atom. The number of thiophene rings is 1. The Morgan fingerprint density at radius 2 is 2.10 bits per heavy atom. The minimum absolute atomic E-state index is 0.167. The first-order valence-electron chi connectivity index (χ1n) is 5.90. The molecule has 0 amide bonds. The summed E-state index contributed by atoms with van der Waals surface area (Å²) in [6.45, 7) is 1.76. The highest BCUT2D eigenvalue weighted by Gasteiger charge is 2.35. The van der Waals surface area contributed by atoms with E-state index in [1.807, 2.05) is 17.5 Å². The number of rotatable bonds is 5. The monoisotopic (exact) mass is 297 g/mol. The Morgan fingerprint density at radius 3 is 2.65 bits per heavy atom. The molecule has 1 heterocycles. The fraction of sp³-hybridized carbons (Fsp3) is 0.214. The molecule has 20 heavy (non-hydrogen) atoms. The molecule has 3 nitrogen and oxygen atoms in total. The Labute approximate surface area is 118 Å². The first-order valence-corrected chi connectivity index (χ1v) is 6.78. The van der Waals surface area contributed by atoms with Crippen LogP contribution < -0.4 is 5.32 Å². The van der Waals surface area contributed by atoms with Crippen molar-refractivity contribution in [3.05, 3.63) is 57.8 Å². The largest absolute Gasteiger partial charge is 0.480 e. The van der Waals surface area contributed by atoms with Gasteiger partial charge in [-0.3, -0.25) is 5.32 Å².